The first kappa shape index (κ1) is 20.2. The molecule has 0 unspecified atom stereocenters. The fourth-order valence-corrected chi connectivity index (χ4v) is 3.51. The predicted octanol–water partition coefficient (Wildman–Crippen LogP) is 4.87. The second-order valence-electron chi connectivity index (χ2n) is 7.21. The number of nitrogens with one attached hydrogen (secondary N) is 2. The van der Waals surface area contributed by atoms with Crippen LogP contribution in [0.1, 0.15) is 53.6 Å². The summed E-state index contributed by atoms with van der Waals surface area (Å²) in [4.78, 5) is 25.6. The van der Waals surface area contributed by atoms with E-state index in [2.05, 4.69) is 10.6 Å². The van der Waals surface area contributed by atoms with E-state index in [9.17, 15) is 9.59 Å². The van der Waals surface area contributed by atoms with Crippen molar-refractivity contribution in [3.63, 3.8) is 0 Å². The second kappa shape index (κ2) is 9.56. The Bertz CT molecular complexity index is 868. The quantitative estimate of drug-likeness (QED) is 0.708. The summed E-state index contributed by atoms with van der Waals surface area (Å²) in [7, 11) is 0. The van der Waals surface area contributed by atoms with Crippen LogP contribution in [0, 0.1) is 6.92 Å². The lowest BCUT2D eigenvalue weighted by atomic mass is 9.95. The summed E-state index contributed by atoms with van der Waals surface area (Å²) in [6.07, 6.45) is 7.01. The van der Waals surface area contributed by atoms with Gasteiger partial charge >= 0.3 is 0 Å². The van der Waals surface area contributed by atoms with Crippen LogP contribution in [0.5, 0.6) is 0 Å². The zero-order valence-corrected chi connectivity index (χ0v) is 16.8. The molecule has 0 spiro atoms. The highest BCUT2D eigenvalue weighted by atomic mass is 35.5. The van der Waals surface area contributed by atoms with Gasteiger partial charge in [-0.25, -0.2) is 0 Å². The Balaban J connectivity index is 1.83. The molecule has 146 valence electrons. The SMILES string of the molecule is Cc1ccc(C(=O)N/C(=C\c2ccccc2Cl)C(=O)NC2CCCCC2)cc1. The molecular formula is C23H25ClN2O2. The Morgan fingerprint density at radius 1 is 1.00 bits per heavy atom. The summed E-state index contributed by atoms with van der Waals surface area (Å²) in [5.74, 6) is -0.607. The summed E-state index contributed by atoms with van der Waals surface area (Å²) >= 11 is 6.25. The molecule has 2 N–H and O–H groups in total. The number of benzene rings is 2. The van der Waals surface area contributed by atoms with Crippen LogP contribution in [-0.2, 0) is 4.79 Å². The third-order valence-electron chi connectivity index (χ3n) is 4.95. The zero-order chi connectivity index (χ0) is 19.9. The number of aryl methyl sites for hydroxylation is 1. The van der Waals surface area contributed by atoms with Crippen LogP contribution in [0.3, 0.4) is 0 Å². The monoisotopic (exact) mass is 396 g/mol. The Morgan fingerprint density at radius 3 is 2.36 bits per heavy atom. The summed E-state index contributed by atoms with van der Waals surface area (Å²) in [6.45, 7) is 1.96. The highest BCUT2D eigenvalue weighted by Crippen LogP contribution is 2.20. The Labute approximate surface area is 171 Å². The van der Waals surface area contributed by atoms with Crippen molar-refractivity contribution in [1.29, 1.82) is 0 Å². The van der Waals surface area contributed by atoms with Crippen molar-refractivity contribution in [2.45, 2.75) is 45.1 Å². The van der Waals surface area contributed by atoms with Crippen molar-refractivity contribution in [2.75, 3.05) is 0 Å². The molecule has 1 aliphatic carbocycles. The van der Waals surface area contributed by atoms with Gasteiger partial charge in [-0.3, -0.25) is 9.59 Å². The van der Waals surface area contributed by atoms with Gasteiger partial charge in [-0.2, -0.15) is 0 Å². The highest BCUT2D eigenvalue weighted by molar-refractivity contribution is 6.32. The minimum atomic E-state index is -0.322. The summed E-state index contributed by atoms with van der Waals surface area (Å²) in [5.41, 5.74) is 2.45. The van der Waals surface area contributed by atoms with E-state index < -0.39 is 0 Å². The molecule has 2 aromatic carbocycles. The average Bonchev–Trinajstić information content (AvgIpc) is 2.70. The van der Waals surface area contributed by atoms with Gasteiger partial charge in [0.2, 0.25) is 0 Å². The molecule has 5 heteroatoms. The van der Waals surface area contributed by atoms with Crippen LogP contribution < -0.4 is 10.6 Å². The fourth-order valence-electron chi connectivity index (χ4n) is 3.32. The first-order chi connectivity index (χ1) is 13.5. The van der Waals surface area contributed by atoms with E-state index in [1.54, 1.807) is 24.3 Å². The molecule has 3 rings (SSSR count). The Morgan fingerprint density at radius 2 is 1.68 bits per heavy atom. The van der Waals surface area contributed by atoms with Crippen molar-refractivity contribution in [2.24, 2.45) is 0 Å². The molecule has 0 bridgehead atoms. The minimum Gasteiger partial charge on any atom is -0.348 e. The molecule has 1 aliphatic rings. The predicted molar refractivity (Wildman–Crippen MR) is 113 cm³/mol. The van der Waals surface area contributed by atoms with Gasteiger partial charge in [0.05, 0.1) is 0 Å². The number of hydrogen-bond donors (Lipinski definition) is 2. The number of halogens is 1. The van der Waals surface area contributed by atoms with E-state index in [1.807, 2.05) is 37.3 Å². The van der Waals surface area contributed by atoms with Gasteiger partial charge in [0.15, 0.2) is 0 Å². The van der Waals surface area contributed by atoms with Gasteiger partial charge in [0.25, 0.3) is 11.8 Å². The van der Waals surface area contributed by atoms with Crippen LogP contribution in [0.2, 0.25) is 5.02 Å². The molecule has 2 aromatic rings. The van der Waals surface area contributed by atoms with Crippen molar-refractivity contribution >= 4 is 29.5 Å². The van der Waals surface area contributed by atoms with E-state index in [0.29, 0.717) is 16.1 Å². The maximum Gasteiger partial charge on any atom is 0.268 e. The second-order valence-corrected chi connectivity index (χ2v) is 7.62. The Hall–Kier alpha value is -2.59. The summed E-state index contributed by atoms with van der Waals surface area (Å²) in [5, 5.41) is 6.35. The zero-order valence-electron chi connectivity index (χ0n) is 16.0. The standard InChI is InChI=1S/C23H25ClN2O2/c1-16-11-13-17(14-12-16)22(27)26-21(15-18-7-5-6-10-20(18)24)23(28)25-19-8-3-2-4-9-19/h5-7,10-15,19H,2-4,8-9H2,1H3,(H,25,28)(H,26,27)/b21-15-. The van der Waals surface area contributed by atoms with E-state index in [1.165, 1.54) is 6.42 Å². The third-order valence-corrected chi connectivity index (χ3v) is 5.30. The average molecular weight is 397 g/mol. The number of carbonyl (C=O) groups is 2. The largest absolute Gasteiger partial charge is 0.348 e. The smallest absolute Gasteiger partial charge is 0.268 e. The lowest BCUT2D eigenvalue weighted by Crippen LogP contribution is -2.41. The van der Waals surface area contributed by atoms with Crippen LogP contribution in [0.15, 0.2) is 54.2 Å². The molecule has 0 atom stereocenters. The van der Waals surface area contributed by atoms with Gasteiger partial charge in [0.1, 0.15) is 5.70 Å². The van der Waals surface area contributed by atoms with Crippen LogP contribution in [0.4, 0.5) is 0 Å². The van der Waals surface area contributed by atoms with Crippen molar-refractivity contribution in [1.82, 2.24) is 10.6 Å². The normalized spacial score (nSPS) is 15.1. The number of hydrogen-bond acceptors (Lipinski definition) is 2. The summed E-state index contributed by atoms with van der Waals surface area (Å²) in [6, 6.07) is 14.6. The minimum absolute atomic E-state index is 0.146. The first-order valence-corrected chi connectivity index (χ1v) is 10.1. The van der Waals surface area contributed by atoms with Crippen LogP contribution in [0.25, 0.3) is 6.08 Å². The van der Waals surface area contributed by atoms with Gasteiger partial charge in [-0.1, -0.05) is 66.8 Å². The molecule has 0 aromatic heterocycles. The molecule has 0 radical (unpaired) electrons. The molecule has 1 fully saturated rings. The highest BCUT2D eigenvalue weighted by Gasteiger charge is 2.20. The lowest BCUT2D eigenvalue weighted by molar-refractivity contribution is -0.118. The molecule has 2 amide bonds. The maximum absolute atomic E-state index is 12.9. The molecule has 0 aliphatic heterocycles. The van der Waals surface area contributed by atoms with Crippen molar-refractivity contribution < 1.29 is 9.59 Å². The van der Waals surface area contributed by atoms with Gasteiger partial charge in [0, 0.05) is 16.6 Å². The van der Waals surface area contributed by atoms with E-state index >= 15 is 0 Å². The van der Waals surface area contributed by atoms with Gasteiger partial charge < -0.3 is 10.6 Å². The third kappa shape index (κ3) is 5.46. The van der Waals surface area contributed by atoms with Gasteiger partial charge in [-0.15, -0.1) is 0 Å². The van der Waals surface area contributed by atoms with Crippen molar-refractivity contribution in [3.05, 3.63) is 75.9 Å². The Kier molecular flexibility index (Phi) is 6.88. The van der Waals surface area contributed by atoms with E-state index in [0.717, 1.165) is 31.2 Å². The molecule has 28 heavy (non-hydrogen) atoms. The first-order valence-electron chi connectivity index (χ1n) is 9.68. The van der Waals surface area contributed by atoms with Crippen molar-refractivity contribution in [3.8, 4) is 0 Å². The fraction of sp³-hybridized carbons (Fsp3) is 0.304. The van der Waals surface area contributed by atoms with Gasteiger partial charge in [-0.05, 0) is 49.6 Å². The lowest BCUT2D eigenvalue weighted by Gasteiger charge is -2.23. The molecule has 0 saturated heterocycles. The summed E-state index contributed by atoms with van der Waals surface area (Å²) < 4.78 is 0. The molecule has 1 saturated carbocycles. The molecular weight excluding hydrogens is 372 g/mol. The van der Waals surface area contributed by atoms with Crippen LogP contribution in [-0.4, -0.2) is 17.9 Å². The van der Waals surface area contributed by atoms with Crippen LogP contribution >= 0.6 is 11.6 Å². The van der Waals surface area contributed by atoms with E-state index in [4.69, 9.17) is 11.6 Å². The number of amides is 2. The number of carbonyl (C=O) groups excluding carboxylic acids is 2. The topological polar surface area (TPSA) is 58.2 Å². The van der Waals surface area contributed by atoms with E-state index in [-0.39, 0.29) is 23.6 Å². The maximum atomic E-state index is 12.9. The molecule has 0 heterocycles. The molecule has 4 nitrogen and oxygen atoms in total. The number of rotatable bonds is 5.